The van der Waals surface area contributed by atoms with E-state index in [0.29, 0.717) is 30.8 Å². The second-order valence-electron chi connectivity index (χ2n) is 2.91. The third kappa shape index (κ3) is 4.06. The molecule has 0 aliphatic carbocycles. The van der Waals surface area contributed by atoms with Crippen LogP contribution in [0.3, 0.4) is 0 Å². The largest absolute Gasteiger partial charge is 0.378 e. The monoisotopic (exact) mass is 338 g/mol. The molecule has 0 aliphatic rings. The van der Waals surface area contributed by atoms with Crippen molar-refractivity contribution in [2.45, 2.75) is 6.54 Å². The van der Waals surface area contributed by atoms with E-state index in [0.717, 1.165) is 4.47 Å². The lowest BCUT2D eigenvalue weighted by Gasteiger charge is -2.07. The van der Waals surface area contributed by atoms with Crippen LogP contribution in [-0.4, -0.2) is 24.3 Å². The third-order valence-corrected chi connectivity index (χ3v) is 2.75. The van der Waals surface area contributed by atoms with Gasteiger partial charge in [0, 0.05) is 23.8 Å². The van der Waals surface area contributed by atoms with Crippen molar-refractivity contribution in [1.82, 2.24) is 4.57 Å². The average Bonchev–Trinajstić information content (AvgIpc) is 2.19. The maximum Gasteiger partial charge on any atom is 0.264 e. The van der Waals surface area contributed by atoms with Crippen LogP contribution in [0, 0.1) is 0 Å². The quantitative estimate of drug-likeness (QED) is 0.824. The van der Waals surface area contributed by atoms with Crippen LogP contribution in [0.15, 0.2) is 26.0 Å². The SMILES string of the molecule is NCCOCCn1cc(Br)cc(Br)c1=O. The topological polar surface area (TPSA) is 57.2 Å². The number of pyridine rings is 1. The summed E-state index contributed by atoms with van der Waals surface area (Å²) in [5.41, 5.74) is 5.22. The summed E-state index contributed by atoms with van der Waals surface area (Å²) in [5, 5.41) is 0. The summed E-state index contributed by atoms with van der Waals surface area (Å²) in [6.07, 6.45) is 1.74. The van der Waals surface area contributed by atoms with Crippen molar-refractivity contribution >= 4 is 31.9 Å². The van der Waals surface area contributed by atoms with Gasteiger partial charge in [0.2, 0.25) is 0 Å². The van der Waals surface area contributed by atoms with Crippen LogP contribution < -0.4 is 11.3 Å². The summed E-state index contributed by atoms with van der Waals surface area (Å²) in [7, 11) is 0. The zero-order chi connectivity index (χ0) is 11.3. The van der Waals surface area contributed by atoms with Crippen LogP contribution in [0.2, 0.25) is 0 Å². The molecule has 1 aromatic heterocycles. The van der Waals surface area contributed by atoms with Gasteiger partial charge in [-0.05, 0) is 37.9 Å². The molecule has 0 amide bonds. The molecule has 0 saturated carbocycles. The van der Waals surface area contributed by atoms with Crippen LogP contribution in [0.5, 0.6) is 0 Å². The Morgan fingerprint density at radius 3 is 2.80 bits per heavy atom. The molecule has 0 bridgehead atoms. The Labute approximate surface area is 105 Å². The van der Waals surface area contributed by atoms with Crippen LogP contribution >= 0.6 is 31.9 Å². The van der Waals surface area contributed by atoms with Gasteiger partial charge in [-0.15, -0.1) is 0 Å². The molecule has 0 saturated heterocycles. The minimum absolute atomic E-state index is 0.0606. The molecule has 4 nitrogen and oxygen atoms in total. The summed E-state index contributed by atoms with van der Waals surface area (Å²) in [4.78, 5) is 11.6. The molecular weight excluding hydrogens is 328 g/mol. The molecule has 1 heterocycles. The van der Waals surface area contributed by atoms with E-state index in [4.69, 9.17) is 10.5 Å². The highest BCUT2D eigenvalue weighted by Crippen LogP contribution is 2.12. The summed E-state index contributed by atoms with van der Waals surface area (Å²) in [6, 6.07) is 1.72. The van der Waals surface area contributed by atoms with Crippen molar-refractivity contribution < 1.29 is 4.74 Å². The summed E-state index contributed by atoms with van der Waals surface area (Å²) < 4.78 is 8.19. The first-order valence-electron chi connectivity index (χ1n) is 4.48. The lowest BCUT2D eigenvalue weighted by Crippen LogP contribution is -2.23. The van der Waals surface area contributed by atoms with E-state index in [-0.39, 0.29) is 5.56 Å². The van der Waals surface area contributed by atoms with Gasteiger partial charge in [-0.2, -0.15) is 0 Å². The molecule has 0 spiro atoms. The van der Waals surface area contributed by atoms with Crippen LogP contribution in [0.4, 0.5) is 0 Å². The summed E-state index contributed by atoms with van der Waals surface area (Å²) in [5.74, 6) is 0. The molecule has 2 N–H and O–H groups in total. The van der Waals surface area contributed by atoms with Crippen molar-refractivity contribution in [3.05, 3.63) is 31.6 Å². The van der Waals surface area contributed by atoms with Crippen molar-refractivity contribution in [3.63, 3.8) is 0 Å². The Kier molecular flexibility index (Phi) is 5.52. The number of nitrogens with zero attached hydrogens (tertiary/aromatic N) is 1. The van der Waals surface area contributed by atoms with Gasteiger partial charge < -0.3 is 15.0 Å². The third-order valence-electron chi connectivity index (χ3n) is 1.75. The normalized spacial score (nSPS) is 10.6. The van der Waals surface area contributed by atoms with E-state index in [1.165, 1.54) is 0 Å². The van der Waals surface area contributed by atoms with E-state index >= 15 is 0 Å². The molecule has 1 aromatic rings. The predicted molar refractivity (Wildman–Crippen MR) is 66.0 cm³/mol. The van der Waals surface area contributed by atoms with E-state index < -0.39 is 0 Å². The molecule has 0 aliphatic heterocycles. The Morgan fingerprint density at radius 1 is 1.40 bits per heavy atom. The fourth-order valence-corrected chi connectivity index (χ4v) is 2.34. The number of hydrogen-bond donors (Lipinski definition) is 1. The van der Waals surface area contributed by atoms with Crippen LogP contribution in [0.25, 0.3) is 0 Å². The van der Waals surface area contributed by atoms with E-state index in [1.54, 1.807) is 16.8 Å². The number of rotatable bonds is 5. The fraction of sp³-hybridized carbons (Fsp3) is 0.444. The second kappa shape index (κ2) is 6.42. The lowest BCUT2D eigenvalue weighted by atomic mass is 10.4. The van der Waals surface area contributed by atoms with Gasteiger partial charge in [0.15, 0.2) is 0 Å². The molecule has 0 unspecified atom stereocenters. The van der Waals surface area contributed by atoms with Crippen LogP contribution in [0.1, 0.15) is 0 Å². The Morgan fingerprint density at radius 2 is 2.13 bits per heavy atom. The molecular formula is C9H12Br2N2O2. The lowest BCUT2D eigenvalue weighted by molar-refractivity contribution is 0.132. The van der Waals surface area contributed by atoms with Gasteiger partial charge >= 0.3 is 0 Å². The number of halogens is 2. The molecule has 15 heavy (non-hydrogen) atoms. The number of nitrogens with two attached hydrogens (primary N) is 1. The van der Waals surface area contributed by atoms with E-state index in [2.05, 4.69) is 31.9 Å². The van der Waals surface area contributed by atoms with Crippen molar-refractivity contribution in [1.29, 1.82) is 0 Å². The van der Waals surface area contributed by atoms with Gasteiger partial charge in [-0.25, -0.2) is 0 Å². The highest BCUT2D eigenvalue weighted by atomic mass is 79.9. The zero-order valence-electron chi connectivity index (χ0n) is 8.08. The average molecular weight is 340 g/mol. The van der Waals surface area contributed by atoms with Crippen molar-refractivity contribution in [2.75, 3.05) is 19.8 Å². The Balaban J connectivity index is 2.64. The zero-order valence-corrected chi connectivity index (χ0v) is 11.3. The van der Waals surface area contributed by atoms with Gasteiger partial charge in [0.25, 0.3) is 5.56 Å². The first-order valence-corrected chi connectivity index (χ1v) is 6.07. The minimum Gasteiger partial charge on any atom is -0.378 e. The van der Waals surface area contributed by atoms with Gasteiger partial charge in [0.05, 0.1) is 17.7 Å². The number of hydrogen-bond acceptors (Lipinski definition) is 3. The molecule has 0 aromatic carbocycles. The summed E-state index contributed by atoms with van der Waals surface area (Å²) in [6.45, 7) is 2.03. The molecule has 6 heteroatoms. The van der Waals surface area contributed by atoms with E-state index in [1.807, 2.05) is 0 Å². The molecule has 0 atom stereocenters. The van der Waals surface area contributed by atoms with Crippen LogP contribution in [-0.2, 0) is 11.3 Å². The number of aromatic nitrogens is 1. The molecule has 1 rings (SSSR count). The van der Waals surface area contributed by atoms with E-state index in [9.17, 15) is 4.79 Å². The maximum atomic E-state index is 11.6. The maximum absolute atomic E-state index is 11.6. The molecule has 0 radical (unpaired) electrons. The first-order chi connectivity index (χ1) is 7.15. The standard InChI is InChI=1S/C9H12Br2N2O2/c10-7-5-8(11)9(14)13(6-7)2-4-15-3-1-12/h5-6H,1-4,12H2. The van der Waals surface area contributed by atoms with Gasteiger partial charge in [-0.1, -0.05) is 0 Å². The Hall–Kier alpha value is -0.170. The summed E-state index contributed by atoms with van der Waals surface area (Å²) >= 11 is 6.51. The first kappa shape index (κ1) is 12.9. The molecule has 84 valence electrons. The van der Waals surface area contributed by atoms with Crippen molar-refractivity contribution in [2.24, 2.45) is 5.73 Å². The highest BCUT2D eigenvalue weighted by molar-refractivity contribution is 9.11. The van der Waals surface area contributed by atoms with Crippen molar-refractivity contribution in [3.8, 4) is 0 Å². The Bertz CT molecular complexity index is 379. The fourth-order valence-electron chi connectivity index (χ4n) is 1.08. The smallest absolute Gasteiger partial charge is 0.264 e. The number of ether oxygens (including phenoxy) is 1. The highest BCUT2D eigenvalue weighted by Gasteiger charge is 2.02. The molecule has 0 fully saturated rings. The second-order valence-corrected chi connectivity index (χ2v) is 4.68. The minimum atomic E-state index is -0.0606. The van der Waals surface area contributed by atoms with Gasteiger partial charge in [-0.3, -0.25) is 4.79 Å². The predicted octanol–water partition coefficient (Wildman–Crippen LogP) is 1.35. The van der Waals surface area contributed by atoms with Gasteiger partial charge in [0.1, 0.15) is 0 Å².